The van der Waals surface area contributed by atoms with Crippen LogP contribution >= 0.6 is 11.8 Å². The standard InChI is InChI=1S/C14H19N3O2S/c1-2-8-15-12(13(18)19)7-9-20-14-16-10-5-3-4-6-11(10)17-14/h3-6,12,15H,2,7-9H2,1H3,(H,16,17)(H,18,19). The van der Waals surface area contributed by atoms with E-state index in [1.165, 1.54) is 0 Å². The van der Waals surface area contributed by atoms with E-state index in [4.69, 9.17) is 5.11 Å². The number of hydrogen-bond donors (Lipinski definition) is 3. The first-order chi connectivity index (χ1) is 9.70. The van der Waals surface area contributed by atoms with Crippen molar-refractivity contribution in [1.29, 1.82) is 0 Å². The predicted octanol–water partition coefficient (Wildman–Crippen LogP) is 2.50. The lowest BCUT2D eigenvalue weighted by Crippen LogP contribution is -2.37. The maximum Gasteiger partial charge on any atom is 0.320 e. The number of aliphatic carboxylic acids is 1. The smallest absolute Gasteiger partial charge is 0.320 e. The highest BCUT2D eigenvalue weighted by Gasteiger charge is 2.16. The first kappa shape index (κ1) is 14.9. The van der Waals surface area contributed by atoms with E-state index in [1.807, 2.05) is 31.2 Å². The first-order valence-electron chi connectivity index (χ1n) is 6.74. The zero-order chi connectivity index (χ0) is 14.4. The topological polar surface area (TPSA) is 78.0 Å². The number of thioether (sulfide) groups is 1. The van der Waals surface area contributed by atoms with Crippen molar-refractivity contribution in [3.05, 3.63) is 24.3 Å². The van der Waals surface area contributed by atoms with Crippen LogP contribution in [-0.2, 0) is 4.79 Å². The molecule has 0 saturated carbocycles. The minimum Gasteiger partial charge on any atom is -0.480 e. The van der Waals surface area contributed by atoms with Crippen LogP contribution in [0.3, 0.4) is 0 Å². The fourth-order valence-corrected chi connectivity index (χ4v) is 2.79. The molecule has 1 atom stereocenters. The van der Waals surface area contributed by atoms with Crippen LogP contribution in [0.1, 0.15) is 19.8 Å². The molecule has 0 aliphatic heterocycles. The number of rotatable bonds is 8. The molecule has 0 aliphatic carbocycles. The Morgan fingerprint density at radius 2 is 2.30 bits per heavy atom. The van der Waals surface area contributed by atoms with E-state index in [2.05, 4.69) is 15.3 Å². The summed E-state index contributed by atoms with van der Waals surface area (Å²) in [5.41, 5.74) is 1.95. The van der Waals surface area contributed by atoms with Crippen molar-refractivity contribution < 1.29 is 9.90 Å². The molecule has 0 fully saturated rings. The third-order valence-corrected chi connectivity index (χ3v) is 3.86. The van der Waals surface area contributed by atoms with Crippen LogP contribution in [0.2, 0.25) is 0 Å². The van der Waals surface area contributed by atoms with Gasteiger partial charge in [-0.05, 0) is 31.5 Å². The van der Waals surface area contributed by atoms with Crippen LogP contribution in [0.25, 0.3) is 11.0 Å². The van der Waals surface area contributed by atoms with Crippen molar-refractivity contribution >= 4 is 28.8 Å². The van der Waals surface area contributed by atoms with Crippen molar-refractivity contribution in [1.82, 2.24) is 15.3 Å². The number of para-hydroxylation sites is 2. The van der Waals surface area contributed by atoms with E-state index >= 15 is 0 Å². The van der Waals surface area contributed by atoms with Gasteiger partial charge in [-0.1, -0.05) is 30.8 Å². The quantitative estimate of drug-likeness (QED) is 0.652. The average molecular weight is 293 g/mol. The van der Waals surface area contributed by atoms with Gasteiger partial charge in [-0.3, -0.25) is 4.79 Å². The van der Waals surface area contributed by atoms with Gasteiger partial charge in [-0.2, -0.15) is 0 Å². The summed E-state index contributed by atoms with van der Waals surface area (Å²) < 4.78 is 0. The Bertz CT molecular complexity index is 537. The van der Waals surface area contributed by atoms with Gasteiger partial charge >= 0.3 is 5.97 Å². The zero-order valence-electron chi connectivity index (χ0n) is 11.4. The number of imidazole rings is 1. The highest BCUT2D eigenvalue weighted by Crippen LogP contribution is 2.20. The third-order valence-electron chi connectivity index (χ3n) is 2.95. The van der Waals surface area contributed by atoms with E-state index in [9.17, 15) is 4.79 Å². The number of aromatic amines is 1. The maximum atomic E-state index is 11.1. The lowest BCUT2D eigenvalue weighted by Gasteiger charge is -2.12. The van der Waals surface area contributed by atoms with Crippen molar-refractivity contribution in [3.8, 4) is 0 Å². The van der Waals surface area contributed by atoms with E-state index in [0.29, 0.717) is 12.2 Å². The number of hydrogen-bond acceptors (Lipinski definition) is 4. The lowest BCUT2D eigenvalue weighted by molar-refractivity contribution is -0.139. The first-order valence-corrected chi connectivity index (χ1v) is 7.73. The molecule has 5 nitrogen and oxygen atoms in total. The van der Waals surface area contributed by atoms with Gasteiger partial charge in [0.15, 0.2) is 5.16 Å². The summed E-state index contributed by atoms with van der Waals surface area (Å²) in [7, 11) is 0. The Morgan fingerprint density at radius 1 is 1.50 bits per heavy atom. The molecule has 1 unspecified atom stereocenters. The molecule has 0 bridgehead atoms. The van der Waals surface area contributed by atoms with Crippen LogP contribution in [0.4, 0.5) is 0 Å². The number of benzene rings is 1. The molecule has 0 amide bonds. The van der Waals surface area contributed by atoms with Crippen LogP contribution < -0.4 is 5.32 Å². The largest absolute Gasteiger partial charge is 0.480 e. The second kappa shape index (κ2) is 7.31. The van der Waals surface area contributed by atoms with Crippen molar-refractivity contribution in [2.24, 2.45) is 0 Å². The highest BCUT2D eigenvalue weighted by atomic mass is 32.2. The Labute approximate surface area is 122 Å². The summed E-state index contributed by atoms with van der Waals surface area (Å²) >= 11 is 1.56. The van der Waals surface area contributed by atoms with Crippen LogP contribution in [0, 0.1) is 0 Å². The fourth-order valence-electron chi connectivity index (χ4n) is 1.90. The predicted molar refractivity (Wildman–Crippen MR) is 81.2 cm³/mol. The monoisotopic (exact) mass is 293 g/mol. The average Bonchev–Trinajstić information content (AvgIpc) is 2.84. The maximum absolute atomic E-state index is 11.1. The molecule has 3 N–H and O–H groups in total. The summed E-state index contributed by atoms with van der Waals surface area (Å²) in [4.78, 5) is 18.8. The normalized spacial score (nSPS) is 12.7. The molecule has 0 aliphatic rings. The van der Waals surface area contributed by atoms with Crippen molar-refractivity contribution in [2.75, 3.05) is 12.3 Å². The van der Waals surface area contributed by atoms with Gasteiger partial charge < -0.3 is 15.4 Å². The van der Waals surface area contributed by atoms with Gasteiger partial charge in [0, 0.05) is 5.75 Å². The second-order valence-electron chi connectivity index (χ2n) is 4.54. The molecule has 1 aromatic carbocycles. The number of carbonyl (C=O) groups is 1. The van der Waals surface area contributed by atoms with Gasteiger partial charge in [-0.25, -0.2) is 4.98 Å². The summed E-state index contributed by atoms with van der Waals surface area (Å²) in [5, 5.41) is 13.0. The molecular formula is C14H19N3O2S. The molecule has 0 radical (unpaired) electrons. The third kappa shape index (κ3) is 3.98. The van der Waals surface area contributed by atoms with Crippen LogP contribution in [0.5, 0.6) is 0 Å². The lowest BCUT2D eigenvalue weighted by atomic mass is 10.2. The van der Waals surface area contributed by atoms with Gasteiger partial charge in [0.25, 0.3) is 0 Å². The summed E-state index contributed by atoms with van der Waals surface area (Å²) in [6, 6.07) is 7.37. The van der Waals surface area contributed by atoms with Gasteiger partial charge in [-0.15, -0.1) is 0 Å². The van der Waals surface area contributed by atoms with E-state index in [-0.39, 0.29) is 0 Å². The molecule has 2 aromatic rings. The van der Waals surface area contributed by atoms with Gasteiger partial charge in [0.1, 0.15) is 6.04 Å². The number of nitrogens with one attached hydrogen (secondary N) is 2. The number of aromatic nitrogens is 2. The van der Waals surface area contributed by atoms with Gasteiger partial charge in [0.2, 0.25) is 0 Å². The SMILES string of the molecule is CCCNC(CCSc1nc2ccccc2[nH]1)C(=O)O. The molecule has 6 heteroatoms. The molecule has 20 heavy (non-hydrogen) atoms. The number of carboxylic acid groups (broad SMARTS) is 1. The molecular weight excluding hydrogens is 274 g/mol. The van der Waals surface area contributed by atoms with Crippen LogP contribution in [0.15, 0.2) is 29.4 Å². The number of fused-ring (bicyclic) bond motifs is 1. The zero-order valence-corrected chi connectivity index (χ0v) is 12.2. The van der Waals surface area contributed by atoms with Crippen molar-refractivity contribution in [3.63, 3.8) is 0 Å². The van der Waals surface area contributed by atoms with Crippen LogP contribution in [-0.4, -0.2) is 39.4 Å². The Balaban J connectivity index is 1.86. The Kier molecular flexibility index (Phi) is 5.43. The highest BCUT2D eigenvalue weighted by molar-refractivity contribution is 7.99. The molecule has 0 spiro atoms. The van der Waals surface area contributed by atoms with E-state index in [1.54, 1.807) is 11.8 Å². The van der Waals surface area contributed by atoms with Crippen molar-refractivity contribution in [2.45, 2.75) is 31.0 Å². The fraction of sp³-hybridized carbons (Fsp3) is 0.429. The minimum atomic E-state index is -0.788. The molecule has 2 rings (SSSR count). The van der Waals surface area contributed by atoms with Gasteiger partial charge in [0.05, 0.1) is 11.0 Å². The molecule has 0 saturated heterocycles. The van der Waals surface area contributed by atoms with E-state index in [0.717, 1.165) is 29.2 Å². The summed E-state index contributed by atoms with van der Waals surface area (Å²) in [6.07, 6.45) is 1.51. The number of nitrogens with zero attached hydrogens (tertiary/aromatic N) is 1. The summed E-state index contributed by atoms with van der Waals surface area (Å²) in [5.74, 6) is -0.0725. The van der Waals surface area contributed by atoms with E-state index < -0.39 is 12.0 Å². The Morgan fingerprint density at radius 3 is 3.00 bits per heavy atom. The second-order valence-corrected chi connectivity index (χ2v) is 5.62. The molecule has 1 heterocycles. The number of carboxylic acids is 1. The summed E-state index contributed by atoms with van der Waals surface area (Å²) in [6.45, 7) is 2.75. The number of H-pyrrole nitrogens is 1. The molecule has 1 aromatic heterocycles. The minimum absolute atomic E-state index is 0.480. The Hall–Kier alpha value is -1.53. The molecule has 108 valence electrons.